The van der Waals surface area contributed by atoms with Crippen molar-refractivity contribution in [3.05, 3.63) is 23.2 Å². The Morgan fingerprint density at radius 1 is 1.24 bits per heavy atom. The number of hydrogen-bond donors (Lipinski definition) is 1. The highest BCUT2D eigenvalue weighted by Gasteiger charge is 2.22. The molecule has 1 aliphatic heterocycles. The van der Waals surface area contributed by atoms with E-state index in [0.717, 1.165) is 13.1 Å². The zero-order valence-electron chi connectivity index (χ0n) is 14.6. The molecule has 7 nitrogen and oxygen atoms in total. The zero-order valence-corrected chi connectivity index (χ0v) is 15.3. The van der Waals surface area contributed by atoms with Crippen LogP contribution >= 0.6 is 11.6 Å². The predicted octanol–water partition coefficient (Wildman–Crippen LogP) is 2.45. The van der Waals surface area contributed by atoms with Crippen LogP contribution in [0.2, 0.25) is 5.02 Å². The molecule has 0 saturated carbocycles. The summed E-state index contributed by atoms with van der Waals surface area (Å²) in [5.74, 6) is 0.494. The van der Waals surface area contributed by atoms with Crippen LogP contribution in [0.4, 0.5) is 10.5 Å². The molecule has 0 unspecified atom stereocenters. The van der Waals surface area contributed by atoms with Crippen LogP contribution < -0.4 is 10.1 Å². The number of methoxy groups -OCH3 is 1. The van der Waals surface area contributed by atoms with Crippen LogP contribution in [0.25, 0.3) is 0 Å². The molecule has 0 spiro atoms. The van der Waals surface area contributed by atoms with Crippen molar-refractivity contribution in [3.63, 3.8) is 0 Å². The van der Waals surface area contributed by atoms with E-state index >= 15 is 0 Å². The molecule has 25 heavy (non-hydrogen) atoms. The first-order valence-corrected chi connectivity index (χ1v) is 8.68. The van der Waals surface area contributed by atoms with Crippen LogP contribution in [0.5, 0.6) is 5.75 Å². The number of rotatable bonds is 6. The molecule has 138 valence electrons. The lowest BCUT2D eigenvalue weighted by atomic mass is 10.2. The number of hydrogen-bond acceptors (Lipinski definition) is 5. The van der Waals surface area contributed by atoms with Crippen molar-refractivity contribution in [2.45, 2.75) is 13.3 Å². The monoisotopic (exact) mass is 369 g/mol. The van der Waals surface area contributed by atoms with E-state index in [9.17, 15) is 9.59 Å². The van der Waals surface area contributed by atoms with Crippen LogP contribution in [-0.2, 0) is 9.53 Å². The molecule has 1 aliphatic rings. The van der Waals surface area contributed by atoms with Crippen molar-refractivity contribution < 1.29 is 19.1 Å². The van der Waals surface area contributed by atoms with Gasteiger partial charge in [-0.2, -0.15) is 0 Å². The average molecular weight is 370 g/mol. The largest absolute Gasteiger partial charge is 0.495 e. The molecule has 1 N–H and O–H groups in total. The third kappa shape index (κ3) is 5.79. The smallest absolute Gasteiger partial charge is 0.409 e. The van der Waals surface area contributed by atoms with Crippen LogP contribution in [0.3, 0.4) is 0 Å². The van der Waals surface area contributed by atoms with Gasteiger partial charge in [-0.1, -0.05) is 11.6 Å². The molecule has 2 rings (SSSR count). The minimum Gasteiger partial charge on any atom is -0.495 e. The highest BCUT2D eigenvalue weighted by Crippen LogP contribution is 2.27. The first-order chi connectivity index (χ1) is 12.0. The Morgan fingerprint density at radius 3 is 2.56 bits per heavy atom. The van der Waals surface area contributed by atoms with Gasteiger partial charge in [-0.05, 0) is 25.1 Å². The minimum atomic E-state index is -0.267. The molecule has 1 heterocycles. The van der Waals surface area contributed by atoms with Crippen molar-refractivity contribution >= 4 is 29.3 Å². The van der Waals surface area contributed by atoms with E-state index in [4.69, 9.17) is 21.1 Å². The molecule has 0 radical (unpaired) electrons. The van der Waals surface area contributed by atoms with Gasteiger partial charge < -0.3 is 19.7 Å². The maximum atomic E-state index is 12.1. The Morgan fingerprint density at radius 2 is 1.96 bits per heavy atom. The van der Waals surface area contributed by atoms with Gasteiger partial charge in [0, 0.05) is 44.8 Å². The first kappa shape index (κ1) is 19.3. The number of carbonyl (C=O) groups is 2. The van der Waals surface area contributed by atoms with Crippen molar-refractivity contribution in [2.75, 3.05) is 51.8 Å². The van der Waals surface area contributed by atoms with Crippen molar-refractivity contribution in [1.82, 2.24) is 9.80 Å². The highest BCUT2D eigenvalue weighted by molar-refractivity contribution is 6.32. The standard InChI is InChI=1S/C17H24ClN3O4/c1-3-25-17(23)21-10-8-20(9-11-21)7-6-16(22)19-13-4-5-15(24-2)14(18)12-13/h4-5,12H,3,6-11H2,1-2H3,(H,19,22). The molecule has 1 aromatic carbocycles. The second kappa shape index (κ2) is 9.48. The number of nitrogens with one attached hydrogen (secondary N) is 1. The Labute approximate surface area is 152 Å². The van der Waals surface area contributed by atoms with Gasteiger partial charge in [-0.3, -0.25) is 9.69 Å². The van der Waals surface area contributed by atoms with E-state index in [1.807, 2.05) is 0 Å². The van der Waals surface area contributed by atoms with Gasteiger partial charge in [-0.15, -0.1) is 0 Å². The molecular formula is C17H24ClN3O4. The molecule has 0 bridgehead atoms. The second-order valence-corrected chi connectivity index (χ2v) is 6.08. The fourth-order valence-corrected chi connectivity index (χ4v) is 2.85. The van der Waals surface area contributed by atoms with E-state index in [0.29, 0.717) is 49.1 Å². The Kier molecular flexibility index (Phi) is 7.33. The van der Waals surface area contributed by atoms with Crippen molar-refractivity contribution in [2.24, 2.45) is 0 Å². The van der Waals surface area contributed by atoms with E-state index in [-0.39, 0.29) is 12.0 Å². The second-order valence-electron chi connectivity index (χ2n) is 5.68. The maximum Gasteiger partial charge on any atom is 0.409 e. The summed E-state index contributed by atoms with van der Waals surface area (Å²) in [6, 6.07) is 5.13. The summed E-state index contributed by atoms with van der Waals surface area (Å²) >= 11 is 6.05. The lowest BCUT2D eigenvalue weighted by molar-refractivity contribution is -0.116. The fraction of sp³-hybridized carbons (Fsp3) is 0.529. The van der Waals surface area contributed by atoms with Gasteiger partial charge in [0.2, 0.25) is 5.91 Å². The molecule has 0 atom stereocenters. The molecule has 2 amide bonds. The van der Waals surface area contributed by atoms with E-state index < -0.39 is 0 Å². The van der Waals surface area contributed by atoms with Gasteiger partial charge in [0.15, 0.2) is 0 Å². The van der Waals surface area contributed by atoms with Gasteiger partial charge in [0.1, 0.15) is 5.75 Å². The van der Waals surface area contributed by atoms with Gasteiger partial charge in [0.25, 0.3) is 0 Å². The topological polar surface area (TPSA) is 71.1 Å². The summed E-state index contributed by atoms with van der Waals surface area (Å²) in [5, 5.41) is 3.28. The van der Waals surface area contributed by atoms with Gasteiger partial charge in [-0.25, -0.2) is 4.79 Å². The number of amides is 2. The first-order valence-electron chi connectivity index (χ1n) is 8.31. The third-order valence-corrected chi connectivity index (χ3v) is 4.28. The summed E-state index contributed by atoms with van der Waals surface area (Å²) in [7, 11) is 1.54. The number of halogens is 1. The highest BCUT2D eigenvalue weighted by atomic mass is 35.5. The Hall–Kier alpha value is -1.99. The predicted molar refractivity (Wildman–Crippen MR) is 96.3 cm³/mol. The zero-order chi connectivity index (χ0) is 18.2. The molecule has 0 aromatic heterocycles. The SMILES string of the molecule is CCOC(=O)N1CCN(CCC(=O)Nc2ccc(OC)c(Cl)c2)CC1. The fourth-order valence-electron chi connectivity index (χ4n) is 2.60. The number of carbonyl (C=O) groups excluding carboxylic acids is 2. The van der Waals surface area contributed by atoms with E-state index in [1.165, 1.54) is 0 Å². The summed E-state index contributed by atoms with van der Waals surface area (Å²) in [4.78, 5) is 27.6. The summed E-state index contributed by atoms with van der Waals surface area (Å²) < 4.78 is 10.1. The number of ether oxygens (including phenoxy) is 2. The summed E-state index contributed by atoms with van der Waals surface area (Å²) in [5.41, 5.74) is 0.642. The molecule has 0 aliphatic carbocycles. The van der Waals surface area contributed by atoms with Crippen LogP contribution in [0.1, 0.15) is 13.3 Å². The average Bonchev–Trinajstić information content (AvgIpc) is 2.61. The summed E-state index contributed by atoms with van der Waals surface area (Å²) in [6.07, 6.45) is 0.111. The Bertz CT molecular complexity index is 604. The van der Waals surface area contributed by atoms with Crippen LogP contribution in [-0.4, -0.2) is 68.2 Å². The molecule has 1 fully saturated rings. The van der Waals surface area contributed by atoms with Crippen molar-refractivity contribution in [3.8, 4) is 5.75 Å². The molecule has 1 aromatic rings. The van der Waals surface area contributed by atoms with E-state index in [2.05, 4.69) is 10.2 Å². The minimum absolute atomic E-state index is 0.0749. The molecule has 1 saturated heterocycles. The van der Waals surface area contributed by atoms with Crippen LogP contribution in [0, 0.1) is 0 Å². The number of nitrogens with zero attached hydrogens (tertiary/aromatic N) is 2. The van der Waals surface area contributed by atoms with Gasteiger partial charge >= 0.3 is 6.09 Å². The third-order valence-electron chi connectivity index (χ3n) is 3.99. The number of piperazine rings is 1. The lowest BCUT2D eigenvalue weighted by Gasteiger charge is -2.33. The maximum absolute atomic E-state index is 12.1. The van der Waals surface area contributed by atoms with Crippen LogP contribution in [0.15, 0.2) is 18.2 Å². The normalized spacial score (nSPS) is 14.9. The van der Waals surface area contributed by atoms with Gasteiger partial charge in [0.05, 0.1) is 18.7 Å². The summed E-state index contributed by atoms with van der Waals surface area (Å²) in [6.45, 7) is 5.54. The Balaban J connectivity index is 1.72. The van der Waals surface area contributed by atoms with E-state index in [1.54, 1.807) is 37.1 Å². The number of benzene rings is 1. The quantitative estimate of drug-likeness (QED) is 0.834. The molecule has 8 heteroatoms. The molecular weight excluding hydrogens is 346 g/mol. The van der Waals surface area contributed by atoms with Crippen molar-refractivity contribution in [1.29, 1.82) is 0 Å². The number of anilines is 1. The lowest BCUT2D eigenvalue weighted by Crippen LogP contribution is -2.49.